The van der Waals surface area contributed by atoms with Crippen LogP contribution in [-0.4, -0.2) is 20.3 Å². The molecule has 0 bridgehead atoms. The molecule has 2 N–H and O–H groups in total. The van der Waals surface area contributed by atoms with Crippen molar-refractivity contribution >= 4 is 0 Å². The third-order valence-corrected chi connectivity index (χ3v) is 2.95. The van der Waals surface area contributed by atoms with E-state index in [2.05, 4.69) is 26.8 Å². The standard InChI is InChI=1S/C15H25NO2/c1-10(16)7-11-8-14(18-6)12(15(2,3)4)9-13(11)17-5/h8-10H,7,16H2,1-6H3/t10-/m1/s1. The molecule has 1 aromatic carbocycles. The summed E-state index contributed by atoms with van der Waals surface area (Å²) < 4.78 is 11.0. The number of rotatable bonds is 4. The Morgan fingerprint density at radius 3 is 2.06 bits per heavy atom. The molecule has 0 unspecified atom stereocenters. The minimum absolute atomic E-state index is 0.0193. The molecule has 18 heavy (non-hydrogen) atoms. The molecule has 0 saturated carbocycles. The molecule has 1 atom stereocenters. The predicted molar refractivity (Wildman–Crippen MR) is 75.6 cm³/mol. The molecular formula is C15H25NO2. The van der Waals surface area contributed by atoms with E-state index < -0.39 is 0 Å². The van der Waals surface area contributed by atoms with Crippen LogP contribution in [0, 0.1) is 0 Å². The van der Waals surface area contributed by atoms with Gasteiger partial charge in [-0.05, 0) is 36.5 Å². The third-order valence-electron chi connectivity index (χ3n) is 2.95. The number of methoxy groups -OCH3 is 2. The molecule has 102 valence electrons. The summed E-state index contributed by atoms with van der Waals surface area (Å²) in [6, 6.07) is 4.21. The highest BCUT2D eigenvalue weighted by Crippen LogP contribution is 2.36. The van der Waals surface area contributed by atoms with Crippen molar-refractivity contribution in [3.05, 3.63) is 23.3 Å². The Bertz CT molecular complexity index is 406. The number of hydrogen-bond acceptors (Lipinski definition) is 3. The lowest BCUT2D eigenvalue weighted by Gasteiger charge is -2.24. The van der Waals surface area contributed by atoms with Crippen LogP contribution in [-0.2, 0) is 11.8 Å². The van der Waals surface area contributed by atoms with E-state index in [4.69, 9.17) is 15.2 Å². The van der Waals surface area contributed by atoms with Gasteiger partial charge in [0.1, 0.15) is 11.5 Å². The average molecular weight is 251 g/mol. The smallest absolute Gasteiger partial charge is 0.123 e. The normalized spacial score (nSPS) is 13.3. The van der Waals surface area contributed by atoms with Gasteiger partial charge >= 0.3 is 0 Å². The van der Waals surface area contributed by atoms with Crippen LogP contribution in [0.25, 0.3) is 0 Å². The van der Waals surface area contributed by atoms with Crippen LogP contribution < -0.4 is 15.2 Å². The summed E-state index contributed by atoms with van der Waals surface area (Å²) in [5.74, 6) is 1.79. The molecule has 0 fully saturated rings. The van der Waals surface area contributed by atoms with Crippen molar-refractivity contribution < 1.29 is 9.47 Å². The van der Waals surface area contributed by atoms with Gasteiger partial charge in [0.2, 0.25) is 0 Å². The summed E-state index contributed by atoms with van der Waals surface area (Å²) in [5.41, 5.74) is 8.13. The molecule has 0 aliphatic heterocycles. The van der Waals surface area contributed by atoms with E-state index >= 15 is 0 Å². The number of hydrogen-bond donors (Lipinski definition) is 1. The van der Waals surface area contributed by atoms with Gasteiger partial charge in [-0.25, -0.2) is 0 Å². The molecule has 1 rings (SSSR count). The number of ether oxygens (including phenoxy) is 2. The minimum Gasteiger partial charge on any atom is -0.496 e. The fourth-order valence-corrected chi connectivity index (χ4v) is 2.05. The predicted octanol–water partition coefficient (Wildman–Crippen LogP) is 2.89. The van der Waals surface area contributed by atoms with Crippen molar-refractivity contribution in [2.75, 3.05) is 14.2 Å². The van der Waals surface area contributed by atoms with Crippen molar-refractivity contribution in [2.45, 2.75) is 45.6 Å². The van der Waals surface area contributed by atoms with Crippen LogP contribution in [0.15, 0.2) is 12.1 Å². The Labute approximate surface area is 110 Å². The van der Waals surface area contributed by atoms with Crippen molar-refractivity contribution in [2.24, 2.45) is 5.73 Å². The van der Waals surface area contributed by atoms with Crippen molar-refractivity contribution in [3.63, 3.8) is 0 Å². The van der Waals surface area contributed by atoms with Crippen LogP contribution in [0.4, 0.5) is 0 Å². The summed E-state index contributed by atoms with van der Waals surface area (Å²) in [6.45, 7) is 8.48. The number of nitrogens with two attached hydrogens (primary N) is 1. The topological polar surface area (TPSA) is 44.5 Å². The molecule has 0 saturated heterocycles. The molecule has 1 aromatic rings. The second kappa shape index (κ2) is 5.61. The Hall–Kier alpha value is -1.22. The first-order valence-corrected chi connectivity index (χ1v) is 6.30. The van der Waals surface area contributed by atoms with Crippen LogP contribution >= 0.6 is 0 Å². The van der Waals surface area contributed by atoms with Gasteiger partial charge in [0.05, 0.1) is 14.2 Å². The van der Waals surface area contributed by atoms with Gasteiger partial charge in [-0.3, -0.25) is 0 Å². The maximum atomic E-state index is 5.87. The zero-order valence-electron chi connectivity index (χ0n) is 12.3. The zero-order chi connectivity index (χ0) is 13.9. The zero-order valence-corrected chi connectivity index (χ0v) is 12.3. The van der Waals surface area contributed by atoms with Crippen LogP contribution in [0.5, 0.6) is 11.5 Å². The lowest BCUT2D eigenvalue weighted by atomic mass is 9.85. The molecule has 0 radical (unpaired) electrons. The van der Waals surface area contributed by atoms with Gasteiger partial charge < -0.3 is 15.2 Å². The summed E-state index contributed by atoms with van der Waals surface area (Å²) in [4.78, 5) is 0. The van der Waals surface area contributed by atoms with Gasteiger partial charge in [0.15, 0.2) is 0 Å². The third kappa shape index (κ3) is 3.39. The van der Waals surface area contributed by atoms with Crippen LogP contribution in [0.1, 0.15) is 38.8 Å². The van der Waals surface area contributed by atoms with E-state index in [-0.39, 0.29) is 11.5 Å². The van der Waals surface area contributed by atoms with Gasteiger partial charge in [-0.15, -0.1) is 0 Å². The highest BCUT2D eigenvalue weighted by molar-refractivity contribution is 5.49. The lowest BCUT2D eigenvalue weighted by Crippen LogP contribution is -2.19. The Kier molecular flexibility index (Phi) is 4.63. The first kappa shape index (κ1) is 14.8. The van der Waals surface area contributed by atoms with Crippen molar-refractivity contribution in [3.8, 4) is 11.5 Å². The molecule has 0 aliphatic rings. The SMILES string of the molecule is COc1cc(C(C)(C)C)c(OC)cc1C[C@@H](C)N. The van der Waals surface area contributed by atoms with Crippen molar-refractivity contribution in [1.29, 1.82) is 0 Å². The average Bonchev–Trinajstić information content (AvgIpc) is 2.26. The van der Waals surface area contributed by atoms with Gasteiger partial charge in [0, 0.05) is 11.6 Å². The van der Waals surface area contributed by atoms with Gasteiger partial charge in [-0.1, -0.05) is 20.8 Å². The Balaban J connectivity index is 3.32. The first-order chi connectivity index (χ1) is 8.29. The van der Waals surface area contributed by atoms with E-state index in [1.54, 1.807) is 14.2 Å². The van der Waals surface area contributed by atoms with E-state index in [0.717, 1.165) is 29.0 Å². The minimum atomic E-state index is 0.0193. The molecule has 0 heterocycles. The molecule has 0 spiro atoms. The summed E-state index contributed by atoms with van der Waals surface area (Å²) in [5, 5.41) is 0. The van der Waals surface area contributed by atoms with Crippen molar-refractivity contribution in [1.82, 2.24) is 0 Å². The second-order valence-corrected chi connectivity index (χ2v) is 5.80. The molecule has 0 amide bonds. The maximum Gasteiger partial charge on any atom is 0.123 e. The first-order valence-electron chi connectivity index (χ1n) is 6.30. The number of benzene rings is 1. The Morgan fingerprint density at radius 1 is 1.11 bits per heavy atom. The molecule has 0 aliphatic carbocycles. The van der Waals surface area contributed by atoms with E-state index in [1.807, 2.05) is 13.0 Å². The van der Waals surface area contributed by atoms with E-state index in [0.29, 0.717) is 0 Å². The van der Waals surface area contributed by atoms with Crippen LogP contribution in [0.2, 0.25) is 0 Å². The van der Waals surface area contributed by atoms with E-state index in [9.17, 15) is 0 Å². The maximum absolute atomic E-state index is 5.87. The van der Waals surface area contributed by atoms with Gasteiger partial charge in [-0.2, -0.15) is 0 Å². The van der Waals surface area contributed by atoms with E-state index in [1.165, 1.54) is 0 Å². The highest BCUT2D eigenvalue weighted by Gasteiger charge is 2.21. The highest BCUT2D eigenvalue weighted by atomic mass is 16.5. The second-order valence-electron chi connectivity index (χ2n) is 5.80. The fourth-order valence-electron chi connectivity index (χ4n) is 2.05. The largest absolute Gasteiger partial charge is 0.496 e. The summed E-state index contributed by atoms with van der Waals surface area (Å²) >= 11 is 0. The summed E-state index contributed by atoms with van der Waals surface area (Å²) in [6.07, 6.45) is 0.782. The lowest BCUT2D eigenvalue weighted by molar-refractivity contribution is 0.384. The summed E-state index contributed by atoms with van der Waals surface area (Å²) in [7, 11) is 3.39. The monoisotopic (exact) mass is 251 g/mol. The van der Waals surface area contributed by atoms with Gasteiger partial charge in [0.25, 0.3) is 0 Å². The molecule has 0 aromatic heterocycles. The Morgan fingerprint density at radius 2 is 1.67 bits per heavy atom. The van der Waals surface area contributed by atoms with Crippen LogP contribution in [0.3, 0.4) is 0 Å². The quantitative estimate of drug-likeness (QED) is 0.895. The molecular weight excluding hydrogens is 226 g/mol. The molecule has 3 nitrogen and oxygen atoms in total. The fraction of sp³-hybridized carbons (Fsp3) is 0.600. The molecule has 3 heteroatoms.